The van der Waals surface area contributed by atoms with Crippen LogP contribution >= 0.6 is 0 Å². The van der Waals surface area contributed by atoms with Crippen LogP contribution in [-0.4, -0.2) is 35.9 Å². The quantitative estimate of drug-likeness (QED) is 0.761. The van der Waals surface area contributed by atoms with E-state index in [1.807, 2.05) is 6.92 Å². The largest absolute Gasteiger partial charge is 0.411 e. The molecule has 1 aromatic rings. The van der Waals surface area contributed by atoms with Gasteiger partial charge in [0.2, 0.25) is 0 Å². The van der Waals surface area contributed by atoms with Crippen molar-refractivity contribution in [2.24, 2.45) is 0 Å². The zero-order valence-corrected chi connectivity index (χ0v) is 10.1. The summed E-state index contributed by atoms with van der Waals surface area (Å²) in [5, 5.41) is 3.12. The summed E-state index contributed by atoms with van der Waals surface area (Å²) in [5.74, 6) is 0.484. The molecule has 0 aliphatic heterocycles. The summed E-state index contributed by atoms with van der Waals surface area (Å²) < 4.78 is 39.8. The van der Waals surface area contributed by atoms with Crippen LogP contribution in [0.15, 0.2) is 12.4 Å². The Balaban J connectivity index is 2.26. The maximum Gasteiger partial charge on any atom is 0.411 e. The van der Waals surface area contributed by atoms with Crippen molar-refractivity contribution in [2.75, 3.05) is 19.8 Å². The van der Waals surface area contributed by atoms with Crippen molar-refractivity contribution in [1.82, 2.24) is 15.3 Å². The molecule has 0 amide bonds. The molecule has 0 saturated carbocycles. The molecule has 1 N–H and O–H groups in total. The summed E-state index contributed by atoms with van der Waals surface area (Å²) in [6, 6.07) is 0. The van der Waals surface area contributed by atoms with Gasteiger partial charge in [0, 0.05) is 30.9 Å². The Hall–Kier alpha value is -1.21. The van der Waals surface area contributed by atoms with Gasteiger partial charge in [0.05, 0.1) is 6.61 Å². The van der Waals surface area contributed by atoms with E-state index < -0.39 is 12.8 Å². The molecule has 0 fully saturated rings. The minimum absolute atomic E-state index is 0.0356. The average Bonchev–Trinajstić information content (AvgIpc) is 2.32. The number of hydrogen-bond acceptors (Lipinski definition) is 4. The number of halogens is 3. The number of aromatic nitrogens is 2. The lowest BCUT2D eigenvalue weighted by atomic mass is 10.3. The van der Waals surface area contributed by atoms with Gasteiger partial charge in [-0.25, -0.2) is 9.97 Å². The van der Waals surface area contributed by atoms with Gasteiger partial charge in [-0.3, -0.25) is 0 Å². The van der Waals surface area contributed by atoms with Crippen molar-refractivity contribution < 1.29 is 17.9 Å². The van der Waals surface area contributed by atoms with Crippen molar-refractivity contribution in [2.45, 2.75) is 26.1 Å². The molecule has 0 aliphatic carbocycles. The smallest absolute Gasteiger partial charge is 0.372 e. The van der Waals surface area contributed by atoms with Crippen molar-refractivity contribution in [1.29, 1.82) is 0 Å². The van der Waals surface area contributed by atoms with Crippen molar-refractivity contribution in [3.8, 4) is 0 Å². The second-order valence-electron chi connectivity index (χ2n) is 3.71. The molecule has 0 bridgehead atoms. The van der Waals surface area contributed by atoms with E-state index in [-0.39, 0.29) is 13.0 Å². The van der Waals surface area contributed by atoms with Crippen LogP contribution in [0.5, 0.6) is 0 Å². The van der Waals surface area contributed by atoms with E-state index in [0.717, 1.165) is 12.1 Å². The van der Waals surface area contributed by atoms with E-state index in [0.29, 0.717) is 12.4 Å². The predicted octanol–water partition coefficient (Wildman–Crippen LogP) is 1.71. The van der Waals surface area contributed by atoms with Gasteiger partial charge in [0.25, 0.3) is 0 Å². The third-order valence-corrected chi connectivity index (χ3v) is 2.07. The van der Waals surface area contributed by atoms with E-state index >= 15 is 0 Å². The molecular formula is C11H16F3N3O. The monoisotopic (exact) mass is 263 g/mol. The number of nitrogens with zero attached hydrogens (tertiary/aromatic N) is 2. The summed E-state index contributed by atoms with van der Waals surface area (Å²) in [6.07, 6.45) is -0.683. The maximum atomic E-state index is 11.8. The van der Waals surface area contributed by atoms with Crippen LogP contribution in [0, 0.1) is 0 Å². The second-order valence-corrected chi connectivity index (χ2v) is 3.71. The van der Waals surface area contributed by atoms with Crippen LogP contribution in [0.1, 0.15) is 18.3 Å². The Labute approximate surface area is 104 Å². The van der Waals surface area contributed by atoms with E-state index in [1.165, 1.54) is 0 Å². The molecule has 4 nitrogen and oxygen atoms in total. The molecule has 1 rings (SSSR count). The zero-order valence-electron chi connectivity index (χ0n) is 10.1. The average molecular weight is 263 g/mol. The van der Waals surface area contributed by atoms with E-state index in [4.69, 9.17) is 0 Å². The maximum absolute atomic E-state index is 11.8. The van der Waals surface area contributed by atoms with Crippen molar-refractivity contribution in [3.63, 3.8) is 0 Å². The highest BCUT2D eigenvalue weighted by Crippen LogP contribution is 2.14. The summed E-state index contributed by atoms with van der Waals surface area (Å²) in [4.78, 5) is 8.11. The predicted molar refractivity (Wildman–Crippen MR) is 60.0 cm³/mol. The number of ether oxygens (including phenoxy) is 1. The van der Waals surface area contributed by atoms with Gasteiger partial charge in [-0.1, -0.05) is 6.92 Å². The zero-order chi connectivity index (χ0) is 13.4. The Morgan fingerprint density at radius 1 is 1.28 bits per heavy atom. The molecule has 0 unspecified atom stereocenters. The van der Waals surface area contributed by atoms with Gasteiger partial charge in [0.15, 0.2) is 0 Å². The normalized spacial score (nSPS) is 11.8. The molecule has 1 heterocycles. The van der Waals surface area contributed by atoms with Crippen molar-refractivity contribution >= 4 is 0 Å². The number of hydrogen-bond donors (Lipinski definition) is 1. The number of alkyl halides is 3. The third-order valence-electron chi connectivity index (χ3n) is 2.07. The molecular weight excluding hydrogens is 247 g/mol. The third kappa shape index (κ3) is 6.51. The van der Waals surface area contributed by atoms with Gasteiger partial charge in [-0.15, -0.1) is 0 Å². The Kier molecular flexibility index (Phi) is 6.00. The van der Waals surface area contributed by atoms with Crippen molar-refractivity contribution in [3.05, 3.63) is 23.8 Å². The molecule has 0 spiro atoms. The van der Waals surface area contributed by atoms with Crippen LogP contribution in [0.4, 0.5) is 13.2 Å². The molecule has 7 heteroatoms. The molecule has 0 saturated heterocycles. The van der Waals surface area contributed by atoms with E-state index in [1.54, 1.807) is 12.4 Å². The highest BCUT2D eigenvalue weighted by Gasteiger charge is 2.27. The van der Waals surface area contributed by atoms with E-state index in [2.05, 4.69) is 20.0 Å². The van der Waals surface area contributed by atoms with Gasteiger partial charge in [-0.05, 0) is 6.54 Å². The van der Waals surface area contributed by atoms with Crippen LogP contribution in [-0.2, 0) is 17.7 Å². The van der Waals surface area contributed by atoms with Gasteiger partial charge in [-0.2, -0.15) is 13.2 Å². The van der Waals surface area contributed by atoms with Crippen LogP contribution in [0.3, 0.4) is 0 Å². The second kappa shape index (κ2) is 7.27. The highest BCUT2D eigenvalue weighted by molar-refractivity contribution is 5.04. The lowest BCUT2D eigenvalue weighted by molar-refractivity contribution is -0.173. The highest BCUT2D eigenvalue weighted by atomic mass is 19.4. The fourth-order valence-corrected chi connectivity index (χ4v) is 1.22. The molecule has 1 aromatic heterocycles. The minimum atomic E-state index is -4.28. The number of nitrogens with one attached hydrogen (secondary N) is 1. The molecule has 0 aliphatic rings. The van der Waals surface area contributed by atoms with Gasteiger partial charge in [0.1, 0.15) is 12.4 Å². The molecule has 102 valence electrons. The summed E-state index contributed by atoms with van der Waals surface area (Å²) >= 11 is 0. The first-order valence-corrected chi connectivity index (χ1v) is 5.66. The molecule has 18 heavy (non-hydrogen) atoms. The Morgan fingerprint density at radius 2 is 1.94 bits per heavy atom. The van der Waals surface area contributed by atoms with Crippen LogP contribution < -0.4 is 5.32 Å². The number of rotatable bonds is 7. The lowest BCUT2D eigenvalue weighted by Crippen LogP contribution is -2.18. The summed E-state index contributed by atoms with van der Waals surface area (Å²) in [6.45, 7) is 2.26. The lowest BCUT2D eigenvalue weighted by Gasteiger charge is -2.07. The minimum Gasteiger partial charge on any atom is -0.372 e. The fourth-order valence-electron chi connectivity index (χ4n) is 1.22. The summed E-state index contributed by atoms with van der Waals surface area (Å²) in [5.41, 5.74) is 0.941. The standard InChI is InChI=1S/C11H16F3N3O/c1-2-15-5-9-6-16-10(17-7-9)3-4-18-8-11(12,13)14/h6-7,15H,2-5,8H2,1H3. The Bertz CT molecular complexity index is 340. The first kappa shape index (κ1) is 14.8. The Morgan fingerprint density at radius 3 is 2.50 bits per heavy atom. The molecule has 0 atom stereocenters. The first-order valence-electron chi connectivity index (χ1n) is 5.66. The fraction of sp³-hybridized carbons (Fsp3) is 0.636. The molecule has 0 radical (unpaired) electrons. The summed E-state index contributed by atoms with van der Waals surface area (Å²) in [7, 11) is 0. The van der Waals surface area contributed by atoms with Gasteiger partial charge >= 0.3 is 6.18 Å². The van der Waals surface area contributed by atoms with E-state index in [9.17, 15) is 13.2 Å². The molecule has 0 aromatic carbocycles. The van der Waals surface area contributed by atoms with Crippen LogP contribution in [0.2, 0.25) is 0 Å². The topological polar surface area (TPSA) is 47.0 Å². The first-order chi connectivity index (χ1) is 8.51. The SMILES string of the molecule is CCNCc1cnc(CCOCC(F)(F)F)nc1. The van der Waals surface area contributed by atoms with Crippen LogP contribution in [0.25, 0.3) is 0 Å². The van der Waals surface area contributed by atoms with Gasteiger partial charge < -0.3 is 10.1 Å².